The molecule has 0 heterocycles. The summed E-state index contributed by atoms with van der Waals surface area (Å²) in [5.74, 6) is -1.42. The molecule has 0 fully saturated rings. The van der Waals surface area contributed by atoms with Gasteiger partial charge in [-0.2, -0.15) is 0 Å². The minimum atomic E-state index is -1.05. The number of carboxylic acid groups (broad SMARTS) is 1. The van der Waals surface area contributed by atoms with Crippen molar-refractivity contribution in [3.8, 4) is 0 Å². The summed E-state index contributed by atoms with van der Waals surface area (Å²) in [6, 6.07) is 7.62. The van der Waals surface area contributed by atoms with E-state index < -0.39 is 12.0 Å². The molecule has 0 saturated carbocycles. The van der Waals surface area contributed by atoms with Crippen LogP contribution in [0.4, 0.5) is 0 Å². The third kappa shape index (κ3) is 2.58. The number of amides is 1. The van der Waals surface area contributed by atoms with Crippen molar-refractivity contribution in [1.82, 2.24) is 5.32 Å². The summed E-state index contributed by atoms with van der Waals surface area (Å²) in [5, 5.41) is 10.9. The monoisotopic (exact) mass is 193 g/mol. The van der Waals surface area contributed by atoms with E-state index in [9.17, 15) is 9.59 Å². The molecule has 1 rings (SSSR count). The minimum Gasteiger partial charge on any atom is -0.480 e. The van der Waals surface area contributed by atoms with Crippen LogP contribution >= 0.6 is 0 Å². The lowest BCUT2D eigenvalue weighted by molar-refractivity contribution is -0.138. The zero-order valence-corrected chi connectivity index (χ0v) is 7.73. The Morgan fingerprint density at radius 1 is 1.29 bits per heavy atom. The average molecular weight is 193 g/mol. The highest BCUT2D eigenvalue weighted by Crippen LogP contribution is 1.98. The number of rotatable bonds is 3. The molecule has 14 heavy (non-hydrogen) atoms. The van der Waals surface area contributed by atoms with Gasteiger partial charge >= 0.3 is 5.97 Å². The summed E-state index contributed by atoms with van der Waals surface area (Å²) in [6.07, 6.45) is 0. The molecule has 0 aliphatic heterocycles. The van der Waals surface area contributed by atoms with Crippen molar-refractivity contribution < 1.29 is 14.7 Å². The van der Waals surface area contributed by atoms with Crippen LogP contribution in [0.3, 0.4) is 0 Å². The second-order valence-electron chi connectivity index (χ2n) is 2.90. The lowest BCUT2D eigenvalue weighted by Crippen LogP contribution is -2.38. The lowest BCUT2D eigenvalue weighted by Gasteiger charge is -2.08. The van der Waals surface area contributed by atoms with Gasteiger partial charge in [0.2, 0.25) is 0 Å². The molecule has 0 aliphatic rings. The Kier molecular flexibility index (Phi) is 3.23. The van der Waals surface area contributed by atoms with Crippen LogP contribution in [0.2, 0.25) is 0 Å². The summed E-state index contributed by atoms with van der Waals surface area (Å²) in [4.78, 5) is 21.8. The molecule has 0 saturated heterocycles. The van der Waals surface area contributed by atoms with Crippen molar-refractivity contribution in [2.24, 2.45) is 0 Å². The second kappa shape index (κ2) is 4.41. The van der Waals surface area contributed by atoms with Crippen molar-refractivity contribution in [2.45, 2.75) is 13.0 Å². The van der Waals surface area contributed by atoms with E-state index >= 15 is 0 Å². The van der Waals surface area contributed by atoms with E-state index in [0.29, 0.717) is 5.56 Å². The maximum absolute atomic E-state index is 11.4. The number of hydrogen-bond donors (Lipinski definition) is 2. The fourth-order valence-corrected chi connectivity index (χ4v) is 0.931. The zero-order valence-electron chi connectivity index (χ0n) is 7.73. The summed E-state index contributed by atoms with van der Waals surface area (Å²) < 4.78 is 0. The van der Waals surface area contributed by atoms with E-state index in [1.54, 1.807) is 30.3 Å². The number of carbonyl (C=O) groups is 2. The number of benzene rings is 1. The normalized spacial score (nSPS) is 11.8. The van der Waals surface area contributed by atoms with Gasteiger partial charge in [0.1, 0.15) is 6.04 Å². The first-order valence-corrected chi connectivity index (χ1v) is 4.20. The van der Waals surface area contributed by atoms with Gasteiger partial charge in [0.25, 0.3) is 5.91 Å². The Balaban J connectivity index is 2.64. The number of nitrogens with one attached hydrogen (secondary N) is 1. The van der Waals surface area contributed by atoms with Gasteiger partial charge in [0, 0.05) is 5.56 Å². The molecular weight excluding hydrogens is 182 g/mol. The van der Waals surface area contributed by atoms with Crippen LogP contribution in [0.1, 0.15) is 17.3 Å². The third-order valence-electron chi connectivity index (χ3n) is 1.75. The van der Waals surface area contributed by atoms with Crippen molar-refractivity contribution in [2.75, 3.05) is 0 Å². The summed E-state index contributed by atoms with van der Waals surface area (Å²) in [5.41, 5.74) is 0.459. The first kappa shape index (κ1) is 10.2. The second-order valence-corrected chi connectivity index (χ2v) is 2.90. The minimum absolute atomic E-state index is 0.375. The van der Waals surface area contributed by atoms with Crippen molar-refractivity contribution >= 4 is 11.9 Å². The Labute approximate surface area is 81.6 Å². The van der Waals surface area contributed by atoms with Crippen molar-refractivity contribution in [3.05, 3.63) is 35.9 Å². The molecule has 0 unspecified atom stereocenters. The van der Waals surface area contributed by atoms with Crippen LogP contribution < -0.4 is 5.32 Å². The fourth-order valence-electron chi connectivity index (χ4n) is 0.931. The van der Waals surface area contributed by atoms with Gasteiger partial charge in [-0.25, -0.2) is 0 Å². The molecular formula is C10H11NO3. The molecule has 1 amide bonds. The molecule has 0 aliphatic carbocycles. The van der Waals surface area contributed by atoms with Crippen molar-refractivity contribution in [1.29, 1.82) is 0 Å². The summed E-state index contributed by atoms with van der Waals surface area (Å²) in [7, 11) is 0. The molecule has 0 bridgehead atoms. The highest BCUT2D eigenvalue weighted by Gasteiger charge is 2.14. The molecule has 0 spiro atoms. The summed E-state index contributed by atoms with van der Waals surface area (Å²) >= 11 is 0. The molecule has 0 radical (unpaired) electrons. The fraction of sp³-hybridized carbons (Fsp3) is 0.200. The maximum atomic E-state index is 11.4. The van der Waals surface area contributed by atoms with Crippen LogP contribution in [-0.4, -0.2) is 23.0 Å². The number of aliphatic carboxylic acids is 1. The van der Waals surface area contributed by atoms with E-state index in [0.717, 1.165) is 0 Å². The highest BCUT2D eigenvalue weighted by atomic mass is 16.4. The summed E-state index contributed by atoms with van der Waals surface area (Å²) in [6.45, 7) is 1.42. The molecule has 1 atom stereocenters. The SMILES string of the molecule is C[C@@H](NC(=O)c1ccccc1)C(=O)O. The predicted molar refractivity (Wildman–Crippen MR) is 51.0 cm³/mol. The Morgan fingerprint density at radius 2 is 1.86 bits per heavy atom. The van der Waals surface area contributed by atoms with Gasteiger partial charge in [-0.1, -0.05) is 18.2 Å². The van der Waals surface area contributed by atoms with Crippen molar-refractivity contribution in [3.63, 3.8) is 0 Å². The molecule has 74 valence electrons. The smallest absolute Gasteiger partial charge is 0.325 e. The first-order valence-electron chi connectivity index (χ1n) is 4.20. The van der Waals surface area contributed by atoms with Gasteiger partial charge in [-0.05, 0) is 19.1 Å². The van der Waals surface area contributed by atoms with Crippen LogP contribution in [-0.2, 0) is 4.79 Å². The quantitative estimate of drug-likeness (QED) is 0.749. The van der Waals surface area contributed by atoms with E-state index in [4.69, 9.17) is 5.11 Å². The predicted octanol–water partition coefficient (Wildman–Crippen LogP) is 0.890. The first-order chi connectivity index (χ1) is 6.61. The Bertz CT molecular complexity index is 334. The maximum Gasteiger partial charge on any atom is 0.325 e. The molecule has 1 aromatic rings. The molecule has 4 heteroatoms. The zero-order chi connectivity index (χ0) is 10.6. The highest BCUT2D eigenvalue weighted by molar-refractivity contribution is 5.96. The van der Waals surface area contributed by atoms with E-state index in [1.165, 1.54) is 6.92 Å². The molecule has 2 N–H and O–H groups in total. The van der Waals surface area contributed by atoms with E-state index in [1.807, 2.05) is 0 Å². The largest absolute Gasteiger partial charge is 0.480 e. The Hall–Kier alpha value is -1.84. The number of carbonyl (C=O) groups excluding carboxylic acids is 1. The molecule has 1 aromatic carbocycles. The van der Waals surface area contributed by atoms with Crippen LogP contribution in [0.25, 0.3) is 0 Å². The van der Waals surface area contributed by atoms with E-state index in [2.05, 4.69) is 5.32 Å². The Morgan fingerprint density at radius 3 is 2.36 bits per heavy atom. The molecule has 4 nitrogen and oxygen atoms in total. The third-order valence-corrected chi connectivity index (χ3v) is 1.75. The van der Waals surface area contributed by atoms with Gasteiger partial charge in [0.15, 0.2) is 0 Å². The van der Waals surface area contributed by atoms with E-state index in [-0.39, 0.29) is 5.91 Å². The molecule has 0 aromatic heterocycles. The van der Waals surface area contributed by atoms with Gasteiger partial charge < -0.3 is 10.4 Å². The van der Waals surface area contributed by atoms with Crippen LogP contribution in [0.5, 0.6) is 0 Å². The number of hydrogen-bond acceptors (Lipinski definition) is 2. The standard InChI is InChI=1S/C10H11NO3/c1-7(10(13)14)11-9(12)8-5-3-2-4-6-8/h2-7H,1H3,(H,11,12)(H,13,14)/t7-/m1/s1. The van der Waals surface area contributed by atoms with Gasteiger partial charge in [0.05, 0.1) is 0 Å². The van der Waals surface area contributed by atoms with Crippen LogP contribution in [0.15, 0.2) is 30.3 Å². The lowest BCUT2D eigenvalue weighted by atomic mass is 10.2. The number of carboxylic acids is 1. The average Bonchev–Trinajstić information content (AvgIpc) is 2.19. The van der Waals surface area contributed by atoms with Gasteiger partial charge in [-0.3, -0.25) is 9.59 Å². The van der Waals surface area contributed by atoms with Gasteiger partial charge in [-0.15, -0.1) is 0 Å². The topological polar surface area (TPSA) is 66.4 Å². The van der Waals surface area contributed by atoms with Crippen LogP contribution in [0, 0.1) is 0 Å².